The first-order valence-corrected chi connectivity index (χ1v) is 9.97. The van der Waals surface area contributed by atoms with Crippen molar-refractivity contribution in [3.63, 3.8) is 0 Å². The minimum atomic E-state index is -1.26. The summed E-state index contributed by atoms with van der Waals surface area (Å²) in [5, 5.41) is 10.9. The minimum Gasteiger partial charge on any atom is -0.510 e. The molecular weight excluding hydrogens is 328 g/mol. The molecule has 0 heterocycles. The molecule has 0 bridgehead atoms. The van der Waals surface area contributed by atoms with E-state index in [1.54, 1.807) is 6.92 Å². The van der Waals surface area contributed by atoms with Crippen molar-refractivity contribution in [2.45, 2.75) is 80.6 Å². The molecule has 4 nitrogen and oxygen atoms in total. The highest BCUT2D eigenvalue weighted by molar-refractivity contribution is 6.25. The van der Waals surface area contributed by atoms with Crippen LogP contribution in [-0.4, -0.2) is 22.5 Å². The van der Waals surface area contributed by atoms with Gasteiger partial charge in [-0.3, -0.25) is 14.4 Å². The topological polar surface area (TPSA) is 71.4 Å². The summed E-state index contributed by atoms with van der Waals surface area (Å²) in [6, 6.07) is 0. The molecule has 0 spiro atoms. The maximum absolute atomic E-state index is 13.0. The van der Waals surface area contributed by atoms with E-state index >= 15 is 0 Å². The maximum atomic E-state index is 13.0. The lowest BCUT2D eigenvalue weighted by Crippen LogP contribution is -2.37. The van der Waals surface area contributed by atoms with Crippen LogP contribution in [0.3, 0.4) is 0 Å². The van der Waals surface area contributed by atoms with Gasteiger partial charge in [0.25, 0.3) is 0 Å². The first kappa shape index (κ1) is 22.6. The van der Waals surface area contributed by atoms with Crippen LogP contribution in [0.15, 0.2) is 11.3 Å². The summed E-state index contributed by atoms with van der Waals surface area (Å²) in [4.78, 5) is 38.6. The summed E-state index contributed by atoms with van der Waals surface area (Å²) >= 11 is 0. The van der Waals surface area contributed by atoms with Crippen LogP contribution in [0.4, 0.5) is 0 Å². The van der Waals surface area contributed by atoms with E-state index in [9.17, 15) is 19.5 Å². The third kappa shape index (κ3) is 4.83. The fourth-order valence-electron chi connectivity index (χ4n) is 3.65. The van der Waals surface area contributed by atoms with Gasteiger partial charge < -0.3 is 5.11 Å². The van der Waals surface area contributed by atoms with Crippen molar-refractivity contribution in [1.29, 1.82) is 0 Å². The van der Waals surface area contributed by atoms with Gasteiger partial charge in [0.05, 0.1) is 11.0 Å². The van der Waals surface area contributed by atoms with Crippen molar-refractivity contribution in [2.24, 2.45) is 29.1 Å². The van der Waals surface area contributed by atoms with E-state index in [2.05, 4.69) is 13.8 Å². The number of rotatable bonds is 10. The molecule has 1 aliphatic carbocycles. The first-order chi connectivity index (χ1) is 11.9. The SMILES string of the molecule is CC(C)CCC(=O)C1(C)C(O)=C(C(=O)CC(C)C)C(=O)[C@H]1CCC(C)C. The standard InChI is InChI=1S/C22H36O4/c1-13(2)8-10-16-20(25)19(17(23)12-15(5)6)21(26)22(16,7)18(24)11-9-14(3)4/h13-16,26H,8-12H2,1-7H3/t16-,22?/m1/s1. The highest BCUT2D eigenvalue weighted by atomic mass is 16.3. The average Bonchev–Trinajstić information content (AvgIpc) is 2.69. The molecule has 2 atom stereocenters. The number of hydrogen-bond donors (Lipinski definition) is 1. The van der Waals surface area contributed by atoms with Gasteiger partial charge in [-0.2, -0.15) is 0 Å². The summed E-state index contributed by atoms with van der Waals surface area (Å²) in [6.45, 7) is 13.7. The van der Waals surface area contributed by atoms with Crippen molar-refractivity contribution >= 4 is 17.3 Å². The van der Waals surface area contributed by atoms with Crippen molar-refractivity contribution < 1.29 is 19.5 Å². The second-order valence-electron chi connectivity index (χ2n) is 9.19. The monoisotopic (exact) mass is 364 g/mol. The third-order valence-electron chi connectivity index (χ3n) is 5.42. The summed E-state index contributed by atoms with van der Waals surface area (Å²) in [7, 11) is 0. The predicted molar refractivity (Wildman–Crippen MR) is 104 cm³/mol. The van der Waals surface area contributed by atoms with Gasteiger partial charge >= 0.3 is 0 Å². The number of carbonyl (C=O) groups excluding carboxylic acids is 3. The molecule has 0 saturated heterocycles. The number of carbonyl (C=O) groups is 3. The van der Waals surface area contributed by atoms with Gasteiger partial charge in [0.15, 0.2) is 11.6 Å². The van der Waals surface area contributed by atoms with E-state index in [0.717, 1.165) is 6.42 Å². The average molecular weight is 365 g/mol. The number of Topliss-reactive ketones (excluding diaryl/α,β-unsaturated/α-hetero) is 3. The lowest BCUT2D eigenvalue weighted by atomic mass is 9.71. The molecule has 0 aromatic carbocycles. The largest absolute Gasteiger partial charge is 0.510 e. The van der Waals surface area contributed by atoms with E-state index < -0.39 is 11.3 Å². The summed E-state index contributed by atoms with van der Waals surface area (Å²) < 4.78 is 0. The zero-order valence-electron chi connectivity index (χ0n) is 17.5. The van der Waals surface area contributed by atoms with E-state index in [-0.39, 0.29) is 41.0 Å². The molecule has 0 radical (unpaired) electrons. The molecule has 26 heavy (non-hydrogen) atoms. The van der Waals surface area contributed by atoms with Crippen LogP contribution in [-0.2, 0) is 14.4 Å². The molecule has 0 fully saturated rings. The smallest absolute Gasteiger partial charge is 0.174 e. The van der Waals surface area contributed by atoms with Crippen molar-refractivity contribution in [2.75, 3.05) is 0 Å². The number of aliphatic hydroxyl groups is 1. The molecular formula is C22H36O4. The molecule has 1 N–H and O–H groups in total. The van der Waals surface area contributed by atoms with Gasteiger partial charge in [0.2, 0.25) is 0 Å². The van der Waals surface area contributed by atoms with Gasteiger partial charge in [-0.05, 0) is 37.5 Å². The van der Waals surface area contributed by atoms with E-state index in [1.807, 2.05) is 27.7 Å². The van der Waals surface area contributed by atoms with Crippen LogP contribution in [0.5, 0.6) is 0 Å². The lowest BCUT2D eigenvalue weighted by Gasteiger charge is -2.30. The minimum absolute atomic E-state index is 0.0909. The molecule has 0 aliphatic heterocycles. The molecule has 148 valence electrons. The van der Waals surface area contributed by atoms with Crippen LogP contribution in [0.2, 0.25) is 0 Å². The number of ketones is 3. The van der Waals surface area contributed by atoms with E-state index in [0.29, 0.717) is 31.1 Å². The van der Waals surface area contributed by atoms with Gasteiger partial charge in [-0.15, -0.1) is 0 Å². The van der Waals surface area contributed by atoms with Crippen LogP contribution >= 0.6 is 0 Å². The Morgan fingerprint density at radius 3 is 2.00 bits per heavy atom. The van der Waals surface area contributed by atoms with Gasteiger partial charge in [-0.1, -0.05) is 48.0 Å². The van der Waals surface area contributed by atoms with Crippen LogP contribution in [0, 0.1) is 29.1 Å². The molecule has 1 rings (SSSR count). The number of hydrogen-bond acceptors (Lipinski definition) is 4. The van der Waals surface area contributed by atoms with Crippen LogP contribution < -0.4 is 0 Å². The summed E-state index contributed by atoms with van der Waals surface area (Å²) in [6.07, 6.45) is 2.53. The fraction of sp³-hybridized carbons (Fsp3) is 0.773. The van der Waals surface area contributed by atoms with Crippen LogP contribution in [0.1, 0.15) is 80.6 Å². The van der Waals surface area contributed by atoms with Crippen molar-refractivity contribution in [1.82, 2.24) is 0 Å². The summed E-state index contributed by atoms with van der Waals surface area (Å²) in [5.41, 5.74) is -1.38. The van der Waals surface area contributed by atoms with Gasteiger partial charge in [-0.25, -0.2) is 0 Å². The Hall–Kier alpha value is -1.45. The van der Waals surface area contributed by atoms with E-state index in [1.165, 1.54) is 0 Å². The Labute approximate surface area is 158 Å². The molecule has 1 aliphatic rings. The Kier molecular flexibility index (Phi) is 7.79. The molecule has 1 unspecified atom stereocenters. The zero-order chi connectivity index (χ0) is 20.2. The molecule has 0 aromatic rings. The first-order valence-electron chi connectivity index (χ1n) is 9.97. The Morgan fingerprint density at radius 1 is 1.00 bits per heavy atom. The number of allylic oxidation sites excluding steroid dienone is 2. The quantitative estimate of drug-likeness (QED) is 0.550. The Bertz CT molecular complexity index is 583. The van der Waals surface area contributed by atoms with Crippen LogP contribution in [0.25, 0.3) is 0 Å². The normalized spacial score (nSPS) is 23.6. The second kappa shape index (κ2) is 8.96. The maximum Gasteiger partial charge on any atom is 0.174 e. The number of aliphatic hydroxyl groups excluding tert-OH is 1. The molecule has 4 heteroatoms. The Balaban J connectivity index is 3.27. The molecule has 0 saturated carbocycles. The third-order valence-corrected chi connectivity index (χ3v) is 5.42. The van der Waals surface area contributed by atoms with Crippen molar-refractivity contribution in [3.8, 4) is 0 Å². The highest BCUT2D eigenvalue weighted by Crippen LogP contribution is 2.48. The highest BCUT2D eigenvalue weighted by Gasteiger charge is 2.56. The van der Waals surface area contributed by atoms with Gasteiger partial charge in [0.1, 0.15) is 11.5 Å². The molecule has 0 aromatic heterocycles. The second-order valence-corrected chi connectivity index (χ2v) is 9.19. The predicted octanol–water partition coefficient (Wildman–Crippen LogP) is 5.06. The lowest BCUT2D eigenvalue weighted by molar-refractivity contribution is -0.135. The van der Waals surface area contributed by atoms with Crippen molar-refractivity contribution in [3.05, 3.63) is 11.3 Å². The fourth-order valence-corrected chi connectivity index (χ4v) is 3.65. The molecule has 0 amide bonds. The van der Waals surface area contributed by atoms with Gasteiger partial charge in [0, 0.05) is 18.8 Å². The summed E-state index contributed by atoms with van der Waals surface area (Å²) in [5.74, 6) is -0.873. The Morgan fingerprint density at radius 2 is 1.54 bits per heavy atom. The zero-order valence-corrected chi connectivity index (χ0v) is 17.5. The van der Waals surface area contributed by atoms with E-state index in [4.69, 9.17) is 0 Å².